The first-order valence-electron chi connectivity index (χ1n) is 13.1. The van der Waals surface area contributed by atoms with Crippen molar-refractivity contribution in [1.29, 1.82) is 0 Å². The van der Waals surface area contributed by atoms with Crippen LogP contribution >= 0.6 is 0 Å². The standard InChI is InChI=1S/C30H36FN3O4/c1-22(2)21-38-29-16-23(15-26(31)17-29)19-33-30(35)18-27-6-3-25(20-32-27)24-4-7-28(8-5-24)37-14-11-34-9-12-36-13-10-34/h3-8,15-17,20,22H,9-14,18-19,21H2,1-2H3,(H,33,35). The first-order valence-corrected chi connectivity index (χ1v) is 13.1. The molecular formula is C30H36FN3O4. The van der Waals surface area contributed by atoms with Crippen LogP contribution in [0.5, 0.6) is 11.5 Å². The Morgan fingerprint density at radius 2 is 1.79 bits per heavy atom. The predicted octanol–water partition coefficient (Wildman–Crippen LogP) is 4.49. The number of benzene rings is 2. The monoisotopic (exact) mass is 521 g/mol. The van der Waals surface area contributed by atoms with Crippen LogP contribution in [0.3, 0.4) is 0 Å². The highest BCUT2D eigenvalue weighted by Crippen LogP contribution is 2.22. The molecule has 0 saturated carbocycles. The van der Waals surface area contributed by atoms with Crippen LogP contribution in [-0.2, 0) is 22.5 Å². The lowest BCUT2D eigenvalue weighted by Gasteiger charge is -2.26. The summed E-state index contributed by atoms with van der Waals surface area (Å²) in [7, 11) is 0. The summed E-state index contributed by atoms with van der Waals surface area (Å²) in [4.78, 5) is 19.2. The van der Waals surface area contributed by atoms with Crippen LogP contribution in [0.2, 0.25) is 0 Å². The number of amides is 1. The average Bonchev–Trinajstić information content (AvgIpc) is 2.92. The molecule has 0 bridgehead atoms. The van der Waals surface area contributed by atoms with Crippen molar-refractivity contribution >= 4 is 5.91 Å². The van der Waals surface area contributed by atoms with Gasteiger partial charge in [0.2, 0.25) is 5.91 Å². The first kappa shape index (κ1) is 27.5. The van der Waals surface area contributed by atoms with E-state index in [0.29, 0.717) is 36.1 Å². The second-order valence-electron chi connectivity index (χ2n) is 9.82. The lowest BCUT2D eigenvalue weighted by molar-refractivity contribution is -0.120. The molecule has 7 nitrogen and oxygen atoms in total. The summed E-state index contributed by atoms with van der Waals surface area (Å²) in [6, 6.07) is 16.2. The van der Waals surface area contributed by atoms with Gasteiger partial charge in [-0.25, -0.2) is 4.39 Å². The summed E-state index contributed by atoms with van der Waals surface area (Å²) in [5.41, 5.74) is 3.29. The molecule has 0 radical (unpaired) electrons. The topological polar surface area (TPSA) is 72.9 Å². The van der Waals surface area contributed by atoms with E-state index in [9.17, 15) is 9.18 Å². The number of carbonyl (C=O) groups excluding carboxylic acids is 1. The summed E-state index contributed by atoms with van der Waals surface area (Å²) in [6.45, 7) is 9.79. The number of rotatable bonds is 12. The van der Waals surface area contributed by atoms with Crippen LogP contribution < -0.4 is 14.8 Å². The van der Waals surface area contributed by atoms with Crippen molar-refractivity contribution in [3.8, 4) is 22.6 Å². The lowest BCUT2D eigenvalue weighted by atomic mass is 10.1. The Kier molecular flexibility index (Phi) is 10.1. The van der Waals surface area contributed by atoms with Gasteiger partial charge in [-0.2, -0.15) is 0 Å². The Balaban J connectivity index is 1.23. The fourth-order valence-corrected chi connectivity index (χ4v) is 4.06. The average molecular weight is 522 g/mol. The third-order valence-corrected chi connectivity index (χ3v) is 6.14. The largest absolute Gasteiger partial charge is 0.493 e. The van der Waals surface area contributed by atoms with Gasteiger partial charge in [0, 0.05) is 49.7 Å². The van der Waals surface area contributed by atoms with Crippen molar-refractivity contribution in [2.75, 3.05) is 46.1 Å². The molecule has 1 fully saturated rings. The summed E-state index contributed by atoms with van der Waals surface area (Å²) >= 11 is 0. The van der Waals surface area contributed by atoms with E-state index in [1.165, 1.54) is 12.1 Å². The zero-order chi connectivity index (χ0) is 26.7. The fourth-order valence-electron chi connectivity index (χ4n) is 4.06. The number of morpholine rings is 1. The maximum Gasteiger partial charge on any atom is 0.226 e. The zero-order valence-corrected chi connectivity index (χ0v) is 22.1. The number of nitrogens with zero attached hydrogens (tertiary/aromatic N) is 2. The summed E-state index contributed by atoms with van der Waals surface area (Å²) in [6.07, 6.45) is 1.91. The van der Waals surface area contributed by atoms with Gasteiger partial charge in [0.1, 0.15) is 23.9 Å². The van der Waals surface area contributed by atoms with Crippen LogP contribution in [0, 0.1) is 11.7 Å². The Bertz CT molecular complexity index is 1160. The molecule has 1 N–H and O–H groups in total. The smallest absolute Gasteiger partial charge is 0.226 e. The Labute approximate surface area is 223 Å². The highest BCUT2D eigenvalue weighted by atomic mass is 19.1. The van der Waals surface area contributed by atoms with E-state index in [1.54, 1.807) is 12.3 Å². The molecule has 1 saturated heterocycles. The summed E-state index contributed by atoms with van der Waals surface area (Å²) in [5, 5.41) is 2.83. The van der Waals surface area contributed by atoms with Crippen molar-refractivity contribution in [3.63, 3.8) is 0 Å². The number of hydrogen-bond acceptors (Lipinski definition) is 6. The van der Waals surface area contributed by atoms with Crippen LogP contribution in [0.1, 0.15) is 25.1 Å². The molecule has 1 aliphatic rings. The molecule has 0 atom stereocenters. The van der Waals surface area contributed by atoms with Gasteiger partial charge in [-0.15, -0.1) is 0 Å². The van der Waals surface area contributed by atoms with Gasteiger partial charge in [0.05, 0.1) is 26.2 Å². The van der Waals surface area contributed by atoms with Crippen LogP contribution in [-0.4, -0.2) is 61.9 Å². The Morgan fingerprint density at radius 1 is 1.03 bits per heavy atom. The summed E-state index contributed by atoms with van der Waals surface area (Å²) in [5.74, 6) is 1.07. The maximum atomic E-state index is 13.9. The number of pyridine rings is 1. The first-order chi connectivity index (χ1) is 18.4. The van der Waals surface area contributed by atoms with Crippen LogP contribution in [0.25, 0.3) is 11.1 Å². The molecule has 8 heteroatoms. The molecule has 1 aliphatic heterocycles. The van der Waals surface area contributed by atoms with Crippen molar-refractivity contribution in [2.24, 2.45) is 5.92 Å². The predicted molar refractivity (Wildman–Crippen MR) is 145 cm³/mol. The minimum Gasteiger partial charge on any atom is -0.493 e. The van der Waals surface area contributed by atoms with E-state index in [-0.39, 0.29) is 24.7 Å². The second kappa shape index (κ2) is 13.9. The molecule has 1 amide bonds. The molecule has 1 aromatic heterocycles. The van der Waals surface area contributed by atoms with Gasteiger partial charge in [-0.3, -0.25) is 14.7 Å². The van der Waals surface area contributed by atoms with E-state index in [2.05, 4.69) is 15.2 Å². The molecule has 2 heterocycles. The third-order valence-electron chi connectivity index (χ3n) is 6.14. The maximum absolute atomic E-state index is 13.9. The van der Waals surface area contributed by atoms with Crippen molar-refractivity contribution in [2.45, 2.75) is 26.8 Å². The quantitative estimate of drug-likeness (QED) is 0.379. The van der Waals surface area contributed by atoms with Crippen LogP contribution in [0.15, 0.2) is 60.8 Å². The van der Waals surface area contributed by atoms with Gasteiger partial charge < -0.3 is 19.5 Å². The van der Waals surface area contributed by atoms with Crippen molar-refractivity contribution in [1.82, 2.24) is 15.2 Å². The van der Waals surface area contributed by atoms with Crippen molar-refractivity contribution in [3.05, 3.63) is 77.9 Å². The third kappa shape index (κ3) is 8.82. The minimum absolute atomic E-state index is 0.141. The van der Waals surface area contributed by atoms with Gasteiger partial charge in [0.25, 0.3) is 0 Å². The molecule has 4 rings (SSSR count). The van der Waals surface area contributed by atoms with Gasteiger partial charge in [-0.1, -0.05) is 32.0 Å². The SMILES string of the molecule is CC(C)COc1cc(F)cc(CNC(=O)Cc2ccc(-c3ccc(OCCN4CCOCC4)cc3)cn2)c1. The van der Waals surface area contributed by atoms with Crippen molar-refractivity contribution < 1.29 is 23.4 Å². The number of aromatic nitrogens is 1. The lowest BCUT2D eigenvalue weighted by Crippen LogP contribution is -2.38. The molecule has 202 valence electrons. The fraction of sp³-hybridized carbons (Fsp3) is 0.400. The molecular weight excluding hydrogens is 485 g/mol. The normalized spacial score (nSPS) is 13.9. The number of halogens is 1. The van der Waals surface area contributed by atoms with E-state index < -0.39 is 0 Å². The van der Waals surface area contributed by atoms with E-state index >= 15 is 0 Å². The molecule has 3 aromatic rings. The molecule has 38 heavy (non-hydrogen) atoms. The zero-order valence-electron chi connectivity index (χ0n) is 22.1. The van der Waals surface area contributed by atoms with E-state index in [1.807, 2.05) is 50.2 Å². The van der Waals surface area contributed by atoms with E-state index in [0.717, 1.165) is 49.7 Å². The molecule has 0 spiro atoms. The number of ether oxygens (including phenoxy) is 3. The molecule has 0 aliphatic carbocycles. The Hall–Kier alpha value is -3.49. The van der Waals surface area contributed by atoms with Gasteiger partial charge in [-0.05, 0) is 47.4 Å². The van der Waals surface area contributed by atoms with Gasteiger partial charge in [0.15, 0.2) is 0 Å². The minimum atomic E-state index is -0.389. The highest BCUT2D eigenvalue weighted by molar-refractivity contribution is 5.78. The molecule has 0 unspecified atom stereocenters. The van der Waals surface area contributed by atoms with Crippen LogP contribution in [0.4, 0.5) is 4.39 Å². The number of nitrogens with one attached hydrogen (secondary N) is 1. The Morgan fingerprint density at radius 3 is 2.50 bits per heavy atom. The summed E-state index contributed by atoms with van der Waals surface area (Å²) < 4.78 is 30.8. The number of carbonyl (C=O) groups is 1. The number of hydrogen-bond donors (Lipinski definition) is 1. The second-order valence-corrected chi connectivity index (χ2v) is 9.82. The van der Waals surface area contributed by atoms with Gasteiger partial charge >= 0.3 is 0 Å². The molecule has 2 aromatic carbocycles. The highest BCUT2D eigenvalue weighted by Gasteiger charge is 2.10. The van der Waals surface area contributed by atoms with E-state index in [4.69, 9.17) is 14.2 Å².